The molecule has 0 aliphatic carbocycles. The van der Waals surface area contributed by atoms with E-state index in [2.05, 4.69) is 10.4 Å². The van der Waals surface area contributed by atoms with E-state index >= 15 is 0 Å². The number of fused-ring (bicyclic) bond motifs is 1. The number of hydrazine groups is 1. The van der Waals surface area contributed by atoms with Crippen LogP contribution in [0.1, 0.15) is 22.7 Å². The van der Waals surface area contributed by atoms with Gasteiger partial charge in [0.15, 0.2) is 0 Å². The standard InChI is InChI=1S/C17H16FN3/c1-11-10-13(7-8-15(11)18)17(21-19)14-6-2-4-12-5-3-9-20-16(12)14/h2-10,17,21H,19H2,1H3. The van der Waals surface area contributed by atoms with Crippen molar-refractivity contribution in [1.82, 2.24) is 10.4 Å². The molecule has 1 heterocycles. The van der Waals surface area contributed by atoms with Crippen LogP contribution in [0.15, 0.2) is 54.7 Å². The summed E-state index contributed by atoms with van der Waals surface area (Å²) in [5.74, 6) is 5.53. The summed E-state index contributed by atoms with van der Waals surface area (Å²) in [6.45, 7) is 1.74. The monoisotopic (exact) mass is 281 g/mol. The molecule has 0 fully saturated rings. The number of nitrogens with one attached hydrogen (secondary N) is 1. The van der Waals surface area contributed by atoms with Gasteiger partial charge in [-0.15, -0.1) is 0 Å². The normalized spacial score (nSPS) is 12.5. The maximum absolute atomic E-state index is 13.5. The second kappa shape index (κ2) is 5.60. The highest BCUT2D eigenvalue weighted by atomic mass is 19.1. The zero-order valence-electron chi connectivity index (χ0n) is 11.7. The number of pyridine rings is 1. The smallest absolute Gasteiger partial charge is 0.126 e. The molecule has 1 aromatic heterocycles. The lowest BCUT2D eigenvalue weighted by Crippen LogP contribution is -2.29. The van der Waals surface area contributed by atoms with Crippen molar-refractivity contribution in [3.05, 3.63) is 77.2 Å². The molecule has 1 unspecified atom stereocenters. The Kier molecular flexibility index (Phi) is 3.64. The van der Waals surface area contributed by atoms with Gasteiger partial charge in [-0.2, -0.15) is 0 Å². The third-order valence-electron chi connectivity index (χ3n) is 3.66. The number of para-hydroxylation sites is 1. The van der Waals surface area contributed by atoms with E-state index in [1.54, 1.807) is 19.2 Å². The van der Waals surface area contributed by atoms with Crippen molar-refractivity contribution >= 4 is 10.9 Å². The van der Waals surface area contributed by atoms with E-state index in [0.29, 0.717) is 5.56 Å². The highest BCUT2D eigenvalue weighted by Crippen LogP contribution is 2.28. The Morgan fingerprint density at radius 2 is 1.95 bits per heavy atom. The lowest BCUT2D eigenvalue weighted by molar-refractivity contribution is 0.608. The first-order valence-corrected chi connectivity index (χ1v) is 6.76. The van der Waals surface area contributed by atoms with Crippen LogP contribution in [-0.2, 0) is 0 Å². The van der Waals surface area contributed by atoms with Gasteiger partial charge in [-0.25, -0.2) is 9.82 Å². The molecule has 2 aromatic carbocycles. The molecule has 0 radical (unpaired) electrons. The number of hydrogen-bond donors (Lipinski definition) is 2. The van der Waals surface area contributed by atoms with Gasteiger partial charge in [0.1, 0.15) is 5.82 Å². The molecule has 1 atom stereocenters. The largest absolute Gasteiger partial charge is 0.271 e. The Morgan fingerprint density at radius 3 is 2.71 bits per heavy atom. The highest BCUT2D eigenvalue weighted by Gasteiger charge is 2.16. The first-order chi connectivity index (χ1) is 10.2. The van der Waals surface area contributed by atoms with E-state index in [9.17, 15) is 4.39 Å². The summed E-state index contributed by atoms with van der Waals surface area (Å²) >= 11 is 0. The Hall–Kier alpha value is -2.30. The summed E-state index contributed by atoms with van der Waals surface area (Å²) in [5, 5.41) is 1.05. The number of halogens is 1. The maximum Gasteiger partial charge on any atom is 0.126 e. The van der Waals surface area contributed by atoms with E-state index < -0.39 is 0 Å². The van der Waals surface area contributed by atoms with Gasteiger partial charge in [0.25, 0.3) is 0 Å². The van der Waals surface area contributed by atoms with Crippen LogP contribution in [0, 0.1) is 12.7 Å². The molecule has 0 spiro atoms. The van der Waals surface area contributed by atoms with Crippen LogP contribution >= 0.6 is 0 Å². The average molecular weight is 281 g/mol. The third-order valence-corrected chi connectivity index (χ3v) is 3.66. The summed E-state index contributed by atoms with van der Waals surface area (Å²) in [6.07, 6.45) is 1.76. The van der Waals surface area contributed by atoms with E-state index in [1.807, 2.05) is 36.4 Å². The van der Waals surface area contributed by atoms with Gasteiger partial charge in [0.05, 0.1) is 11.6 Å². The first kappa shape index (κ1) is 13.7. The van der Waals surface area contributed by atoms with Crippen molar-refractivity contribution in [2.24, 2.45) is 5.84 Å². The van der Waals surface area contributed by atoms with Crippen LogP contribution in [0.2, 0.25) is 0 Å². The molecule has 3 aromatic rings. The molecular weight excluding hydrogens is 265 g/mol. The minimum atomic E-state index is -0.233. The number of hydrogen-bond acceptors (Lipinski definition) is 3. The molecule has 106 valence electrons. The Morgan fingerprint density at radius 1 is 1.14 bits per heavy atom. The number of aryl methyl sites for hydroxylation is 1. The minimum absolute atomic E-state index is 0.217. The molecule has 3 rings (SSSR count). The Balaban J connectivity index is 2.16. The zero-order valence-corrected chi connectivity index (χ0v) is 11.7. The zero-order chi connectivity index (χ0) is 14.8. The van der Waals surface area contributed by atoms with Gasteiger partial charge in [-0.05, 0) is 30.2 Å². The molecule has 0 saturated heterocycles. The quantitative estimate of drug-likeness (QED) is 0.572. The number of nitrogens with two attached hydrogens (primary N) is 1. The highest BCUT2D eigenvalue weighted by molar-refractivity contribution is 5.82. The van der Waals surface area contributed by atoms with E-state index in [4.69, 9.17) is 5.84 Å². The van der Waals surface area contributed by atoms with Crippen molar-refractivity contribution in [1.29, 1.82) is 0 Å². The van der Waals surface area contributed by atoms with Crippen molar-refractivity contribution in [3.63, 3.8) is 0 Å². The third kappa shape index (κ3) is 2.51. The molecule has 3 nitrogen and oxygen atoms in total. The van der Waals surface area contributed by atoms with Crippen molar-refractivity contribution in [3.8, 4) is 0 Å². The summed E-state index contributed by atoms with van der Waals surface area (Å²) in [5.41, 5.74) is 6.19. The van der Waals surface area contributed by atoms with E-state index in [1.165, 1.54) is 6.07 Å². The molecule has 0 saturated carbocycles. The van der Waals surface area contributed by atoms with E-state index in [0.717, 1.165) is 22.0 Å². The van der Waals surface area contributed by atoms with Crippen LogP contribution < -0.4 is 11.3 Å². The van der Waals surface area contributed by atoms with Gasteiger partial charge in [-0.1, -0.05) is 36.4 Å². The molecular formula is C17H16FN3. The lowest BCUT2D eigenvalue weighted by Gasteiger charge is -2.19. The predicted octanol–water partition coefficient (Wildman–Crippen LogP) is 3.24. The molecule has 0 aliphatic rings. The van der Waals surface area contributed by atoms with Gasteiger partial charge in [0.2, 0.25) is 0 Å². The molecule has 0 amide bonds. The molecule has 4 heteroatoms. The SMILES string of the molecule is Cc1cc(C(NN)c2cccc3cccnc23)ccc1F. The minimum Gasteiger partial charge on any atom is -0.271 e. The molecule has 3 N–H and O–H groups in total. The van der Waals surface area contributed by atoms with Crippen LogP contribution in [0.5, 0.6) is 0 Å². The van der Waals surface area contributed by atoms with Crippen LogP contribution in [-0.4, -0.2) is 4.98 Å². The van der Waals surface area contributed by atoms with Gasteiger partial charge >= 0.3 is 0 Å². The number of nitrogens with zero attached hydrogens (tertiary/aromatic N) is 1. The summed E-state index contributed by atoms with van der Waals surface area (Å²) in [7, 11) is 0. The lowest BCUT2D eigenvalue weighted by atomic mass is 9.95. The second-order valence-corrected chi connectivity index (χ2v) is 5.03. The molecule has 21 heavy (non-hydrogen) atoms. The summed E-state index contributed by atoms with van der Waals surface area (Å²) in [6, 6.07) is 14.7. The fraction of sp³-hybridized carbons (Fsp3) is 0.118. The topological polar surface area (TPSA) is 50.9 Å². The van der Waals surface area contributed by atoms with Crippen molar-refractivity contribution in [2.75, 3.05) is 0 Å². The van der Waals surface area contributed by atoms with Crippen molar-refractivity contribution < 1.29 is 4.39 Å². The van der Waals surface area contributed by atoms with Crippen molar-refractivity contribution in [2.45, 2.75) is 13.0 Å². The summed E-state index contributed by atoms with van der Waals surface area (Å²) < 4.78 is 13.5. The molecule has 0 bridgehead atoms. The van der Waals surface area contributed by atoms with Gasteiger partial charge in [-0.3, -0.25) is 10.8 Å². The first-order valence-electron chi connectivity index (χ1n) is 6.76. The van der Waals surface area contributed by atoms with Crippen LogP contribution in [0.4, 0.5) is 4.39 Å². The average Bonchev–Trinajstić information content (AvgIpc) is 2.52. The summed E-state index contributed by atoms with van der Waals surface area (Å²) in [4.78, 5) is 4.45. The maximum atomic E-state index is 13.5. The fourth-order valence-electron chi connectivity index (χ4n) is 2.57. The van der Waals surface area contributed by atoms with E-state index in [-0.39, 0.29) is 11.9 Å². The second-order valence-electron chi connectivity index (χ2n) is 5.03. The van der Waals surface area contributed by atoms with Crippen LogP contribution in [0.25, 0.3) is 10.9 Å². The van der Waals surface area contributed by atoms with Crippen LogP contribution in [0.3, 0.4) is 0 Å². The number of aromatic nitrogens is 1. The predicted molar refractivity (Wildman–Crippen MR) is 82.0 cm³/mol. The number of rotatable bonds is 3. The molecule has 0 aliphatic heterocycles. The fourth-order valence-corrected chi connectivity index (χ4v) is 2.57. The Labute approximate surface area is 122 Å². The number of benzene rings is 2. The van der Waals surface area contributed by atoms with Gasteiger partial charge in [0, 0.05) is 17.1 Å². The Bertz CT molecular complexity index is 781. The van der Waals surface area contributed by atoms with Gasteiger partial charge < -0.3 is 0 Å².